The molecule has 0 aliphatic heterocycles. The maximum absolute atomic E-state index is 13.5. The Labute approximate surface area is 195 Å². The number of sulfonamides is 1. The van der Waals surface area contributed by atoms with Gasteiger partial charge in [-0.3, -0.25) is 13.9 Å². The lowest BCUT2D eigenvalue weighted by molar-refractivity contribution is -0.140. The van der Waals surface area contributed by atoms with Crippen LogP contribution in [0.1, 0.15) is 30.0 Å². The third kappa shape index (κ3) is 6.23. The molecule has 2 rings (SSSR count). The minimum atomic E-state index is -3.76. The first kappa shape index (κ1) is 25.7. The maximum Gasteiger partial charge on any atom is 0.244 e. The summed E-state index contributed by atoms with van der Waals surface area (Å²) >= 11 is 5.97. The van der Waals surface area contributed by atoms with E-state index in [1.807, 2.05) is 13.0 Å². The molecule has 1 atom stereocenters. The van der Waals surface area contributed by atoms with Crippen LogP contribution in [-0.2, 0) is 26.2 Å². The molecule has 0 saturated carbocycles. The van der Waals surface area contributed by atoms with Crippen molar-refractivity contribution in [1.29, 1.82) is 0 Å². The van der Waals surface area contributed by atoms with Crippen LogP contribution in [0.2, 0.25) is 5.02 Å². The van der Waals surface area contributed by atoms with Crippen molar-refractivity contribution in [2.75, 3.05) is 24.2 Å². The fraction of sp³-hybridized carbons (Fsp3) is 0.391. The van der Waals surface area contributed by atoms with Gasteiger partial charge in [0.1, 0.15) is 12.6 Å². The second-order valence-electron chi connectivity index (χ2n) is 7.70. The van der Waals surface area contributed by atoms with E-state index in [9.17, 15) is 18.0 Å². The van der Waals surface area contributed by atoms with E-state index in [0.29, 0.717) is 17.1 Å². The predicted octanol–water partition coefficient (Wildman–Crippen LogP) is 3.28. The van der Waals surface area contributed by atoms with E-state index in [4.69, 9.17) is 11.6 Å². The molecule has 2 aromatic rings. The zero-order chi connectivity index (χ0) is 24.1. The van der Waals surface area contributed by atoms with Gasteiger partial charge >= 0.3 is 0 Å². The molecule has 0 radical (unpaired) electrons. The second-order valence-corrected chi connectivity index (χ2v) is 10.0. The van der Waals surface area contributed by atoms with Gasteiger partial charge < -0.3 is 10.2 Å². The largest absolute Gasteiger partial charge is 0.357 e. The number of para-hydroxylation sites is 1. The number of carbonyl (C=O) groups is 2. The molecule has 0 spiro atoms. The van der Waals surface area contributed by atoms with Crippen LogP contribution in [0.5, 0.6) is 0 Å². The number of nitrogens with zero attached hydrogens (tertiary/aromatic N) is 2. The molecule has 0 fully saturated rings. The van der Waals surface area contributed by atoms with Crippen LogP contribution < -0.4 is 9.62 Å². The maximum atomic E-state index is 13.5. The zero-order valence-electron chi connectivity index (χ0n) is 19.1. The van der Waals surface area contributed by atoms with Crippen LogP contribution in [0.25, 0.3) is 0 Å². The van der Waals surface area contributed by atoms with Crippen LogP contribution >= 0.6 is 11.6 Å². The third-order valence-electron chi connectivity index (χ3n) is 5.27. The van der Waals surface area contributed by atoms with Crippen molar-refractivity contribution in [3.05, 3.63) is 64.2 Å². The van der Waals surface area contributed by atoms with E-state index in [1.165, 1.54) is 11.9 Å². The smallest absolute Gasteiger partial charge is 0.244 e. The van der Waals surface area contributed by atoms with E-state index in [1.54, 1.807) is 50.2 Å². The van der Waals surface area contributed by atoms with Gasteiger partial charge in [-0.2, -0.15) is 0 Å². The lowest BCUT2D eigenvalue weighted by Crippen LogP contribution is -2.51. The van der Waals surface area contributed by atoms with Crippen LogP contribution in [0.3, 0.4) is 0 Å². The summed E-state index contributed by atoms with van der Waals surface area (Å²) < 4.78 is 26.5. The summed E-state index contributed by atoms with van der Waals surface area (Å²) in [5, 5.41) is 3.15. The molecule has 1 N–H and O–H groups in total. The van der Waals surface area contributed by atoms with Crippen molar-refractivity contribution >= 4 is 39.1 Å². The van der Waals surface area contributed by atoms with Crippen LogP contribution in [0.4, 0.5) is 5.69 Å². The molecule has 0 saturated heterocycles. The molecule has 2 aromatic carbocycles. The number of aryl methyl sites for hydroxylation is 2. The van der Waals surface area contributed by atoms with Crippen molar-refractivity contribution in [2.24, 2.45) is 0 Å². The molecule has 0 unspecified atom stereocenters. The number of halogens is 1. The fourth-order valence-corrected chi connectivity index (χ4v) is 4.74. The Bertz CT molecular complexity index is 1050. The van der Waals surface area contributed by atoms with Crippen molar-refractivity contribution in [3.8, 4) is 0 Å². The van der Waals surface area contributed by atoms with Gasteiger partial charge in [0.2, 0.25) is 21.8 Å². The van der Waals surface area contributed by atoms with Crippen molar-refractivity contribution in [2.45, 2.75) is 39.8 Å². The molecule has 32 heavy (non-hydrogen) atoms. The second kappa shape index (κ2) is 10.8. The van der Waals surface area contributed by atoms with Crippen LogP contribution in [0, 0.1) is 13.8 Å². The Hall–Kier alpha value is -2.58. The Kier molecular flexibility index (Phi) is 8.69. The highest BCUT2D eigenvalue weighted by Gasteiger charge is 2.32. The summed E-state index contributed by atoms with van der Waals surface area (Å²) in [6.07, 6.45) is 1.45. The number of rotatable bonds is 9. The highest BCUT2D eigenvalue weighted by molar-refractivity contribution is 7.92. The average molecular weight is 480 g/mol. The summed E-state index contributed by atoms with van der Waals surface area (Å²) in [7, 11) is -2.25. The van der Waals surface area contributed by atoms with Gasteiger partial charge in [0, 0.05) is 18.6 Å². The summed E-state index contributed by atoms with van der Waals surface area (Å²) in [6, 6.07) is 11.7. The molecule has 2 amide bonds. The normalized spacial score (nSPS) is 12.2. The van der Waals surface area contributed by atoms with Crippen LogP contribution in [0.15, 0.2) is 42.5 Å². The first-order valence-corrected chi connectivity index (χ1v) is 12.5. The highest BCUT2D eigenvalue weighted by atomic mass is 35.5. The van der Waals surface area contributed by atoms with Gasteiger partial charge in [-0.1, -0.05) is 48.9 Å². The van der Waals surface area contributed by atoms with E-state index in [2.05, 4.69) is 5.32 Å². The molecule has 0 bridgehead atoms. The monoisotopic (exact) mass is 479 g/mol. The predicted molar refractivity (Wildman–Crippen MR) is 128 cm³/mol. The third-order valence-corrected chi connectivity index (χ3v) is 6.63. The molecule has 0 aromatic heterocycles. The van der Waals surface area contributed by atoms with E-state index >= 15 is 0 Å². The number of likely N-dealkylation sites (N-methyl/N-ethyl adjacent to an activating group) is 1. The molecule has 174 valence electrons. The summed E-state index contributed by atoms with van der Waals surface area (Å²) in [6.45, 7) is 5.14. The topological polar surface area (TPSA) is 86.8 Å². The molecule has 0 aliphatic carbocycles. The zero-order valence-corrected chi connectivity index (χ0v) is 20.6. The quantitative estimate of drug-likeness (QED) is 0.598. The van der Waals surface area contributed by atoms with Gasteiger partial charge in [-0.05, 0) is 49.1 Å². The summed E-state index contributed by atoms with van der Waals surface area (Å²) in [5.41, 5.74) is 2.74. The van der Waals surface area contributed by atoms with Crippen molar-refractivity contribution in [1.82, 2.24) is 10.2 Å². The van der Waals surface area contributed by atoms with Crippen LogP contribution in [-0.4, -0.2) is 51.0 Å². The minimum absolute atomic E-state index is 0.145. The van der Waals surface area contributed by atoms with E-state index in [0.717, 1.165) is 27.3 Å². The average Bonchev–Trinajstić information content (AvgIpc) is 2.73. The SMILES string of the molecule is CC[C@@H](C(=O)NC)N(Cc1ccc(Cl)cc1)C(=O)CN(c1c(C)cccc1C)S(C)(=O)=O. The van der Waals surface area contributed by atoms with Gasteiger partial charge in [-0.15, -0.1) is 0 Å². The van der Waals surface area contributed by atoms with Crippen molar-refractivity contribution < 1.29 is 18.0 Å². The number of nitrogens with one attached hydrogen (secondary N) is 1. The fourth-order valence-electron chi connectivity index (χ4n) is 3.65. The lowest BCUT2D eigenvalue weighted by atomic mass is 10.1. The molecule has 0 aliphatic rings. The number of anilines is 1. The van der Waals surface area contributed by atoms with E-state index < -0.39 is 28.5 Å². The van der Waals surface area contributed by atoms with Gasteiger partial charge in [0.25, 0.3) is 0 Å². The Morgan fingerprint density at radius 3 is 2.09 bits per heavy atom. The number of benzene rings is 2. The standard InChI is InChI=1S/C23H30ClN3O4S/c1-6-20(23(29)25-4)26(14-18-10-12-19(24)13-11-18)21(28)15-27(32(5,30)31)22-16(2)8-7-9-17(22)3/h7-13,20H,6,14-15H2,1-5H3,(H,25,29)/t20-/m0/s1. The molecular formula is C23H30ClN3O4S. The molecule has 0 heterocycles. The van der Waals surface area contributed by atoms with Gasteiger partial charge in [0.15, 0.2) is 0 Å². The van der Waals surface area contributed by atoms with E-state index in [-0.39, 0.29) is 12.5 Å². The number of carbonyl (C=O) groups excluding carboxylic acids is 2. The number of amides is 2. The Morgan fingerprint density at radius 1 is 1.06 bits per heavy atom. The first-order chi connectivity index (χ1) is 15.0. The summed E-state index contributed by atoms with van der Waals surface area (Å²) in [4.78, 5) is 27.5. The first-order valence-electron chi connectivity index (χ1n) is 10.3. The van der Waals surface area contributed by atoms with Gasteiger partial charge in [-0.25, -0.2) is 8.42 Å². The number of hydrogen-bond donors (Lipinski definition) is 1. The lowest BCUT2D eigenvalue weighted by Gasteiger charge is -2.33. The molecule has 9 heteroatoms. The van der Waals surface area contributed by atoms with Crippen molar-refractivity contribution in [3.63, 3.8) is 0 Å². The Balaban J connectivity index is 2.48. The minimum Gasteiger partial charge on any atom is -0.357 e. The highest BCUT2D eigenvalue weighted by Crippen LogP contribution is 2.27. The molecule has 7 nitrogen and oxygen atoms in total. The Morgan fingerprint density at radius 2 is 1.62 bits per heavy atom. The number of hydrogen-bond acceptors (Lipinski definition) is 4. The van der Waals surface area contributed by atoms with Gasteiger partial charge in [0.05, 0.1) is 11.9 Å². The summed E-state index contributed by atoms with van der Waals surface area (Å²) in [5.74, 6) is -0.781. The molecular weight excluding hydrogens is 450 g/mol.